The normalized spacial score (nSPS) is 11.1. The molecule has 5 aromatic carbocycles. The number of anilines is 3. The van der Waals surface area contributed by atoms with E-state index in [0.717, 1.165) is 20.1 Å². The number of nitrogens with zero attached hydrogens (tertiary/aromatic N) is 3. The van der Waals surface area contributed by atoms with Crippen molar-refractivity contribution >= 4 is 162 Å². The molecule has 0 fully saturated rings. The molecule has 0 saturated carbocycles. The Kier molecular flexibility index (Phi) is 39.8. The minimum absolute atomic E-state index is 0. The summed E-state index contributed by atoms with van der Waals surface area (Å²) < 4.78 is 134. The summed E-state index contributed by atoms with van der Waals surface area (Å²) in [4.78, 5) is 36.6. The van der Waals surface area contributed by atoms with Crippen LogP contribution in [0.1, 0.15) is 49.0 Å². The Morgan fingerprint density at radius 2 is 0.747 bits per heavy atom. The first-order valence-electron chi connectivity index (χ1n) is 27.8. The van der Waals surface area contributed by atoms with E-state index in [9.17, 15) is 51.7 Å². The lowest BCUT2D eigenvalue weighted by molar-refractivity contribution is 0.0624. The molecule has 27 nitrogen and oxygen atoms in total. The van der Waals surface area contributed by atoms with E-state index < -0.39 is 79.7 Å². The lowest BCUT2D eigenvalue weighted by atomic mass is 9.81. The number of pyridine rings is 3. The lowest BCUT2D eigenvalue weighted by Crippen LogP contribution is -2.30. The number of hydrogen-bond donors (Lipinski definition) is 10. The van der Waals surface area contributed by atoms with Gasteiger partial charge in [-0.3, -0.25) is 10.6 Å². The van der Waals surface area contributed by atoms with Gasteiger partial charge in [0.1, 0.15) is 33.3 Å². The van der Waals surface area contributed by atoms with E-state index in [0.29, 0.717) is 33.4 Å². The smallest absolute Gasteiger partial charge is 0.444 e. The summed E-state index contributed by atoms with van der Waals surface area (Å²) in [6, 6.07) is 46.4. The molecule has 0 radical (unpaired) electrons. The average molecular weight is 1700 g/mol. The van der Waals surface area contributed by atoms with Crippen molar-refractivity contribution in [2.24, 2.45) is 5.73 Å². The van der Waals surface area contributed by atoms with Gasteiger partial charge in [0.2, 0.25) is 40.1 Å². The third-order valence-corrected chi connectivity index (χ3v) is 19.8. The van der Waals surface area contributed by atoms with Gasteiger partial charge in [-0.05, 0) is 220 Å². The predicted octanol–water partition coefficient (Wildman–Crippen LogP) is 10.1. The van der Waals surface area contributed by atoms with Gasteiger partial charge in [0.05, 0.1) is 35.9 Å². The first kappa shape index (κ1) is 92.4. The number of aromatic nitrogens is 3. The largest absolute Gasteiger partial charge is 0.488 e. The molecule has 0 atom stereocenters. The van der Waals surface area contributed by atoms with Crippen LogP contribution in [0.3, 0.4) is 0 Å². The van der Waals surface area contributed by atoms with Gasteiger partial charge in [-0.2, -0.15) is 0 Å². The van der Waals surface area contributed by atoms with Gasteiger partial charge in [-0.1, -0.05) is 93.9 Å². The molecule has 0 spiro atoms. The van der Waals surface area contributed by atoms with Gasteiger partial charge in [0.15, 0.2) is 0 Å². The molecular formula is C61H79BBr3Cl2N11O16S5. The third kappa shape index (κ3) is 34.6. The summed E-state index contributed by atoms with van der Waals surface area (Å²) >= 11 is 9.60. The maximum absolute atomic E-state index is 11.8. The first-order valence-corrected chi connectivity index (χ1v) is 38.4. The molecule has 3 heterocycles. The number of sulfonamides is 4. The van der Waals surface area contributed by atoms with Crippen LogP contribution < -0.4 is 46.5 Å². The zero-order valence-electron chi connectivity index (χ0n) is 54.4. The van der Waals surface area contributed by atoms with Crippen molar-refractivity contribution in [2.45, 2.75) is 84.6 Å². The SMILES string of the molecule is C.CC(C)(C)OC(=O)Nc1cccc(Br)n1.CN.CNS(=O)(=O)c1ccc(-c2cccc(N)n2)cc1.CNS(=O)(=O)c1ccc(-c2cccc(NC(=O)OC(C)(C)C)n2)cc1.CNS(=O)(=O)c1ccc(B(O)O)cc1.CNS(=O)(=O)c1ccc(Br)cc1.Cl.O=S(=O)(Cl)c1ccc(Br)cc1. The molecule has 2 amide bonds. The number of carbonyl (C=O) groups excluding carboxylic acids is 2. The van der Waals surface area contributed by atoms with Gasteiger partial charge in [-0.25, -0.2) is 85.5 Å². The van der Waals surface area contributed by atoms with Crippen LogP contribution in [0.25, 0.3) is 22.5 Å². The number of rotatable bonds is 14. The van der Waals surface area contributed by atoms with E-state index in [1.807, 2.05) is 6.07 Å². The molecular weight excluding hydrogens is 1620 g/mol. The maximum atomic E-state index is 11.8. The predicted molar refractivity (Wildman–Crippen MR) is 402 cm³/mol. The Morgan fingerprint density at radius 3 is 1.05 bits per heavy atom. The summed E-state index contributed by atoms with van der Waals surface area (Å²) in [5.41, 5.74) is 12.1. The van der Waals surface area contributed by atoms with E-state index >= 15 is 0 Å². The highest BCUT2D eigenvalue weighted by atomic mass is 79.9. The molecule has 0 unspecified atom stereocenters. The molecule has 0 bridgehead atoms. The van der Waals surface area contributed by atoms with Crippen molar-refractivity contribution in [3.63, 3.8) is 0 Å². The van der Waals surface area contributed by atoms with Crippen molar-refractivity contribution in [2.75, 3.05) is 51.6 Å². The van der Waals surface area contributed by atoms with Gasteiger partial charge < -0.3 is 31.0 Å². The number of nitrogens with two attached hydrogens (primary N) is 2. The van der Waals surface area contributed by atoms with Gasteiger partial charge in [0, 0.05) is 30.8 Å². The highest BCUT2D eigenvalue weighted by molar-refractivity contribution is 9.11. The molecule has 0 aliphatic heterocycles. The molecule has 3 aromatic heterocycles. The molecule has 542 valence electrons. The molecule has 99 heavy (non-hydrogen) atoms. The summed E-state index contributed by atoms with van der Waals surface area (Å²) in [6.07, 6.45) is -1.10. The minimum atomic E-state index is -3.57. The van der Waals surface area contributed by atoms with Crippen LogP contribution >= 0.6 is 70.9 Å². The first-order chi connectivity index (χ1) is 45.0. The fourth-order valence-corrected chi connectivity index (χ4v) is 11.2. The van der Waals surface area contributed by atoms with Crippen LogP contribution in [-0.2, 0) is 58.6 Å². The van der Waals surface area contributed by atoms with E-state index in [2.05, 4.69) is 98.0 Å². The monoisotopic (exact) mass is 1700 g/mol. The Morgan fingerprint density at radius 1 is 0.455 bits per heavy atom. The van der Waals surface area contributed by atoms with Crippen molar-refractivity contribution in [1.29, 1.82) is 0 Å². The molecule has 8 aromatic rings. The zero-order chi connectivity index (χ0) is 73.8. The van der Waals surface area contributed by atoms with Crippen molar-refractivity contribution < 1.29 is 71.2 Å². The van der Waals surface area contributed by atoms with Crippen LogP contribution in [0.4, 0.5) is 27.0 Å². The highest BCUT2D eigenvalue weighted by Crippen LogP contribution is 2.24. The summed E-state index contributed by atoms with van der Waals surface area (Å²) in [5, 5.41) is 22.6. The van der Waals surface area contributed by atoms with E-state index in [4.69, 9.17) is 35.9 Å². The quantitative estimate of drug-likeness (QED) is 0.0275. The fraction of sp³-hybridized carbons (Fsp3) is 0.230. The topological polar surface area (TPSA) is 427 Å². The van der Waals surface area contributed by atoms with Crippen LogP contribution in [0.2, 0.25) is 0 Å². The van der Waals surface area contributed by atoms with Gasteiger partial charge in [0.25, 0.3) is 9.05 Å². The molecule has 0 aliphatic rings. The van der Waals surface area contributed by atoms with Crippen LogP contribution in [0.5, 0.6) is 0 Å². The number of ether oxygens (including phenoxy) is 2. The van der Waals surface area contributed by atoms with Gasteiger partial charge >= 0.3 is 19.3 Å². The molecule has 0 saturated heterocycles. The Hall–Kier alpha value is -6.56. The molecule has 8 rings (SSSR count). The van der Waals surface area contributed by atoms with E-state index in [1.54, 1.807) is 139 Å². The highest BCUT2D eigenvalue weighted by Gasteiger charge is 2.20. The summed E-state index contributed by atoms with van der Waals surface area (Å²) in [5.74, 6) is 1.23. The van der Waals surface area contributed by atoms with Crippen LogP contribution in [0.15, 0.2) is 214 Å². The van der Waals surface area contributed by atoms with Crippen molar-refractivity contribution in [3.05, 3.63) is 189 Å². The standard InChI is InChI=1S/C17H21N3O4S.C12H13N3O2S.C10H13BrN2O2.C7H10BNO4S.C7H8BrNO2S.C6H4BrClO2S.CH5N.CH4.ClH/c1-17(2,3)24-16(21)20-15-7-5-6-14(19-15)12-8-10-13(11-9-12)25(22,23)18-4;1-14-18(16,17)10-7-5-9(6-8-10)11-3-2-4-12(13)15-11;1-10(2,3)15-9(14)13-8-6-4-5-7(11)12-8;1-9-14(12,13)7-4-2-6(3-5-7)8(10)11;1-9-12(10,11)7-4-2-6(8)3-5-7;7-5-1-3-6(4-2-5)11(8,9)10;1-2;;/h5-11,18H,1-4H3,(H,19,20,21);2-8,14H,1H3,(H2,13,15);4-6H,1-3H3,(H,12,13,14);2-5,9-11H,1H3;2-5,9H,1H3;1-4H;2H2,1H3;1H4;1H. The number of carbonyl (C=O) groups is 2. The van der Waals surface area contributed by atoms with Gasteiger partial charge in [-0.15, -0.1) is 12.4 Å². The van der Waals surface area contributed by atoms with E-state index in [1.165, 1.54) is 108 Å². The summed E-state index contributed by atoms with van der Waals surface area (Å²) in [6.45, 7) is 10.7. The van der Waals surface area contributed by atoms with Crippen LogP contribution in [-0.4, -0.2) is 133 Å². The zero-order valence-corrected chi connectivity index (χ0v) is 64.8. The molecule has 38 heteroatoms. The second kappa shape index (κ2) is 42.6. The molecule has 12 N–H and O–H groups in total. The van der Waals surface area contributed by atoms with E-state index in [-0.39, 0.29) is 49.8 Å². The van der Waals surface area contributed by atoms with Crippen LogP contribution in [0, 0.1) is 0 Å². The maximum Gasteiger partial charge on any atom is 0.488 e. The second-order valence-electron chi connectivity index (χ2n) is 20.6. The summed E-state index contributed by atoms with van der Waals surface area (Å²) in [7, 11) is -6.77. The average Bonchev–Trinajstić information content (AvgIpc) is 0.839. The minimum Gasteiger partial charge on any atom is -0.444 e. The number of halogens is 5. The van der Waals surface area contributed by atoms with Crippen molar-refractivity contribution in [1.82, 2.24) is 33.8 Å². The number of nitrogen functional groups attached to an aromatic ring is 1. The Bertz CT molecular complexity index is 4430. The fourth-order valence-electron chi connectivity index (χ4n) is 6.68. The third-order valence-electron chi connectivity index (χ3n) is 11.2. The number of benzene rings is 5. The lowest BCUT2D eigenvalue weighted by Gasteiger charge is -2.19. The second-order valence-corrected chi connectivity index (χ2v) is 33.4. The Balaban J connectivity index is 0.00000118. The Labute approximate surface area is 616 Å². The number of amides is 2. The van der Waals surface area contributed by atoms with Crippen molar-refractivity contribution in [3.8, 4) is 22.5 Å². The number of hydrogen-bond acceptors (Lipinski definition) is 21. The number of nitrogens with one attached hydrogen (secondary N) is 6. The molecule has 0 aliphatic carbocycles.